The van der Waals surface area contributed by atoms with Crippen molar-refractivity contribution in [1.82, 2.24) is 0 Å². The number of rotatable bonds is 30. The van der Waals surface area contributed by atoms with Gasteiger partial charge in [0.25, 0.3) is 0 Å². The van der Waals surface area contributed by atoms with Crippen molar-refractivity contribution in [1.29, 1.82) is 0 Å². The van der Waals surface area contributed by atoms with Crippen molar-refractivity contribution in [2.24, 2.45) is 0 Å². The molecule has 462 valence electrons. The van der Waals surface area contributed by atoms with Gasteiger partial charge in [0.15, 0.2) is 11.6 Å². The van der Waals surface area contributed by atoms with E-state index in [-0.39, 0.29) is 11.6 Å². The zero-order chi connectivity index (χ0) is 61.4. The molecule has 13 aromatic rings. The fourth-order valence-electron chi connectivity index (χ4n) is 13.3. The fraction of sp³-hybridized carbons (Fsp3) is 0.395. The molecule has 0 N–H and O–H groups in total. The van der Waals surface area contributed by atoms with Crippen LogP contribution in [-0.2, 0) is 12.8 Å². The molecule has 0 spiro atoms. The maximum atomic E-state index is 13.4. The van der Waals surface area contributed by atoms with Crippen LogP contribution >= 0.6 is 125 Å². The second-order valence-electron chi connectivity index (χ2n) is 24.8. The molecule has 13 heteroatoms. The van der Waals surface area contributed by atoms with Gasteiger partial charge >= 0.3 is 0 Å². The second-order valence-corrected chi connectivity index (χ2v) is 37.2. The predicted molar refractivity (Wildman–Crippen MR) is 411 cm³/mol. The van der Waals surface area contributed by atoms with E-state index in [0.29, 0.717) is 0 Å². The van der Waals surface area contributed by atoms with E-state index in [4.69, 9.17) is 0 Å². The molecule has 0 radical (unpaired) electrons. The number of aryl methyl sites for hydroxylation is 6. The topological polar surface area (TPSA) is 34.1 Å². The summed E-state index contributed by atoms with van der Waals surface area (Å²) in [6.07, 6.45) is 28.8. The number of unbranched alkanes of at least 4 members (excludes halogenated alkanes) is 18. The maximum absolute atomic E-state index is 13.4. The number of hydrogen-bond acceptors (Lipinski definition) is 13. The Balaban J connectivity index is 0.899. The van der Waals surface area contributed by atoms with Crippen LogP contribution in [0, 0.1) is 27.7 Å². The van der Waals surface area contributed by atoms with Gasteiger partial charge in [-0.05, 0) is 162 Å². The normalized spacial score (nSPS) is 12.2. The maximum Gasteiger partial charge on any atom is 0.169 e. The minimum absolute atomic E-state index is 0.129. The Morgan fingerprint density at radius 3 is 1.26 bits per heavy atom. The van der Waals surface area contributed by atoms with Crippen LogP contribution in [0.4, 0.5) is 0 Å². The van der Waals surface area contributed by atoms with Crippen molar-refractivity contribution in [3.8, 4) is 59.9 Å². The average molecular weight is 1380 g/mol. The highest BCUT2D eigenvalue weighted by atomic mass is 32.1. The van der Waals surface area contributed by atoms with Crippen molar-refractivity contribution in [2.75, 3.05) is 0 Å². The van der Waals surface area contributed by atoms with Crippen LogP contribution in [0.5, 0.6) is 0 Å². The van der Waals surface area contributed by atoms with Crippen LogP contribution in [-0.4, -0.2) is 11.6 Å². The number of ketones is 2. The summed E-state index contributed by atoms with van der Waals surface area (Å²) in [6, 6.07) is 28.5. The van der Waals surface area contributed by atoms with E-state index in [1.807, 2.05) is 102 Å². The van der Waals surface area contributed by atoms with Gasteiger partial charge < -0.3 is 0 Å². The van der Waals surface area contributed by atoms with Crippen LogP contribution in [0.15, 0.2) is 72.8 Å². The molecule has 11 aromatic heterocycles. The highest BCUT2D eigenvalue weighted by Gasteiger charge is 2.28. The zero-order valence-corrected chi connectivity index (χ0v) is 61.8. The van der Waals surface area contributed by atoms with Gasteiger partial charge in [0.1, 0.15) is 0 Å². The summed E-state index contributed by atoms with van der Waals surface area (Å²) >= 11 is 20.9. The molecule has 0 aliphatic rings. The van der Waals surface area contributed by atoms with Gasteiger partial charge in [0, 0.05) is 110 Å². The lowest BCUT2D eigenvalue weighted by atomic mass is 9.94. The lowest BCUT2D eigenvalue weighted by Gasteiger charge is -2.12. The Kier molecular flexibility index (Phi) is 20.3. The smallest absolute Gasteiger partial charge is 0.169 e. The van der Waals surface area contributed by atoms with E-state index in [9.17, 15) is 9.59 Å². The zero-order valence-electron chi connectivity index (χ0n) is 52.8. The van der Waals surface area contributed by atoms with Gasteiger partial charge in [-0.2, -0.15) is 0 Å². The molecule has 0 atom stereocenters. The van der Waals surface area contributed by atoms with Crippen molar-refractivity contribution >= 4 is 197 Å². The molecule has 0 fully saturated rings. The average Bonchev–Trinajstić information content (AvgIpc) is 1.60. The molecule has 2 nitrogen and oxygen atoms in total. The fourth-order valence-corrected chi connectivity index (χ4v) is 26.5. The predicted octanol–water partition coefficient (Wildman–Crippen LogP) is 29.8. The lowest BCUT2D eigenvalue weighted by Crippen LogP contribution is -1.93. The quantitative estimate of drug-likeness (QED) is 0.0332. The largest absolute Gasteiger partial charge is 0.294 e. The van der Waals surface area contributed by atoms with Crippen LogP contribution in [0.25, 0.3) is 120 Å². The Morgan fingerprint density at radius 2 is 0.730 bits per heavy atom. The second kappa shape index (κ2) is 28.3. The summed E-state index contributed by atoms with van der Waals surface area (Å²) in [6.45, 7) is 17.0. The molecule has 0 aliphatic heterocycles. The van der Waals surface area contributed by atoms with Crippen molar-refractivity contribution in [2.45, 2.75) is 197 Å². The minimum Gasteiger partial charge on any atom is -0.294 e. The first-order chi connectivity index (χ1) is 43.3. The third-order valence-electron chi connectivity index (χ3n) is 17.9. The number of fused-ring (bicyclic) bond motifs is 6. The van der Waals surface area contributed by atoms with Crippen LogP contribution in [0.1, 0.15) is 206 Å². The molecule has 0 saturated carbocycles. The molecule has 11 heterocycles. The lowest BCUT2D eigenvalue weighted by molar-refractivity contribution is 0.101. The van der Waals surface area contributed by atoms with Crippen molar-refractivity contribution in [3.63, 3.8) is 0 Å². The summed E-state index contributed by atoms with van der Waals surface area (Å²) in [7, 11) is 0. The summed E-state index contributed by atoms with van der Waals surface area (Å²) in [5.74, 6) is 0.287. The van der Waals surface area contributed by atoms with Crippen molar-refractivity contribution < 1.29 is 9.59 Å². The van der Waals surface area contributed by atoms with Gasteiger partial charge in [0.05, 0.1) is 29.1 Å². The number of thiophene rings is 11. The highest BCUT2D eigenvalue weighted by molar-refractivity contribution is 7.35. The Labute approximate surface area is 570 Å². The Morgan fingerprint density at radius 1 is 0.303 bits per heavy atom. The van der Waals surface area contributed by atoms with E-state index in [1.165, 1.54) is 268 Å². The van der Waals surface area contributed by atoms with Gasteiger partial charge in [-0.15, -0.1) is 125 Å². The molecule has 2 aromatic carbocycles. The molecular formula is C76H80O2S11. The van der Waals surface area contributed by atoms with E-state index < -0.39 is 0 Å². The summed E-state index contributed by atoms with van der Waals surface area (Å²) in [5.41, 5.74) is 5.81. The summed E-state index contributed by atoms with van der Waals surface area (Å²) in [5, 5.41) is 8.08. The molecule has 89 heavy (non-hydrogen) atoms. The van der Waals surface area contributed by atoms with Crippen LogP contribution in [0.2, 0.25) is 0 Å². The third kappa shape index (κ3) is 13.2. The molecule has 0 bridgehead atoms. The molecule has 0 aliphatic carbocycles. The summed E-state index contributed by atoms with van der Waals surface area (Å²) in [4.78, 5) is 46.3. The number of Topliss-reactive ketones (excluding diaryl/α,β-unsaturated/α-hetero) is 2. The Hall–Kier alpha value is -3.96. The number of carbonyl (C=O) groups excluding carboxylic acids is 2. The third-order valence-corrected chi connectivity index (χ3v) is 31.6. The van der Waals surface area contributed by atoms with E-state index in [1.54, 1.807) is 47.6 Å². The van der Waals surface area contributed by atoms with Gasteiger partial charge in [-0.25, -0.2) is 0 Å². The SMILES string of the molecule is CCCCCCCCCCCCc1c2cc(-c3sc(C)c4sc(C(C)=O)cc34)sc2c(CCCCCCCCCCCC)c2cc(-c3ccc(-c4sc(-c5cc6c(-c7ccc(C)s7)c7sc(C)cc7c(-c7ccc(C)s7)c6s5)c5cc(C(C)=O)sc45)s3)sc12. The van der Waals surface area contributed by atoms with Gasteiger partial charge in [-0.1, -0.05) is 129 Å². The van der Waals surface area contributed by atoms with Crippen LogP contribution < -0.4 is 0 Å². The first-order valence-corrected chi connectivity index (χ1v) is 41.7. The highest BCUT2D eigenvalue weighted by Crippen LogP contribution is 2.58. The number of hydrogen-bond donors (Lipinski definition) is 0. The molecule has 0 amide bonds. The standard InChI is InChI=1S/C76H80O2S11/c1-9-11-13-15-17-19-21-23-25-27-29-49-51-38-63(86-69(51)50(30-28-26-24-22-20-18-16-14-12-10-2)52-39-64(87-70(49)52)71-55-41-61(46(6)77)84-68(55)48(8)82-71)57-35-36-60(83-57)76-75-56(42-62(85-75)47(7)78)72(89-76)65-40-54-67(59-34-32-44(4)80-59)73-53(37-45(5)81-73)66(74(54)88-65)58-33-31-43(3)79-58/h31-42H,9-30H2,1-8H3. The monoisotopic (exact) mass is 1380 g/mol. The van der Waals surface area contributed by atoms with Crippen LogP contribution in [0.3, 0.4) is 0 Å². The minimum atomic E-state index is 0.129. The molecule has 0 saturated heterocycles. The molecule has 0 unspecified atom stereocenters. The first-order valence-electron chi connectivity index (χ1n) is 32.7. The number of carbonyl (C=O) groups is 2. The molecule has 13 rings (SSSR count). The van der Waals surface area contributed by atoms with E-state index >= 15 is 0 Å². The van der Waals surface area contributed by atoms with Gasteiger partial charge in [0.2, 0.25) is 0 Å². The Bertz CT molecular complexity index is 4500. The number of benzene rings is 2. The van der Waals surface area contributed by atoms with Crippen molar-refractivity contribution in [3.05, 3.63) is 113 Å². The van der Waals surface area contributed by atoms with E-state index in [0.717, 1.165) is 22.6 Å². The first kappa shape index (κ1) is 63.8. The van der Waals surface area contributed by atoms with Gasteiger partial charge in [-0.3, -0.25) is 9.59 Å². The molecular weight excluding hydrogens is 1300 g/mol. The van der Waals surface area contributed by atoms with E-state index in [2.05, 4.69) is 114 Å². The summed E-state index contributed by atoms with van der Waals surface area (Å²) < 4.78 is 8.20.